The van der Waals surface area contributed by atoms with E-state index >= 15 is 0 Å². The number of fused-ring (bicyclic) bond motifs is 1. The highest BCUT2D eigenvalue weighted by Crippen LogP contribution is 2.32. The molecule has 22 heavy (non-hydrogen) atoms. The lowest BCUT2D eigenvalue weighted by Gasteiger charge is -2.30. The van der Waals surface area contributed by atoms with Crippen LogP contribution in [-0.4, -0.2) is 39.1 Å². The van der Waals surface area contributed by atoms with Gasteiger partial charge in [0.25, 0.3) is 0 Å². The van der Waals surface area contributed by atoms with E-state index in [4.69, 9.17) is 0 Å². The molecule has 1 fully saturated rings. The predicted octanol–water partition coefficient (Wildman–Crippen LogP) is 2.70. The molecule has 4 nitrogen and oxygen atoms in total. The van der Waals surface area contributed by atoms with E-state index in [0.29, 0.717) is 5.91 Å². The summed E-state index contributed by atoms with van der Waals surface area (Å²) in [5.41, 5.74) is 2.24. The van der Waals surface area contributed by atoms with E-state index in [1.54, 1.807) is 0 Å². The molecule has 1 aromatic rings. The monoisotopic (exact) mass is 345 g/mol. The van der Waals surface area contributed by atoms with Crippen LogP contribution in [0.2, 0.25) is 0 Å². The van der Waals surface area contributed by atoms with Crippen LogP contribution in [-0.2, 0) is 4.79 Å². The summed E-state index contributed by atoms with van der Waals surface area (Å²) >= 11 is 0. The van der Waals surface area contributed by atoms with Gasteiger partial charge < -0.3 is 15.1 Å². The Kier molecular flexibility index (Phi) is 7.46. The van der Waals surface area contributed by atoms with Gasteiger partial charge in [0.1, 0.15) is 0 Å². The average molecular weight is 346 g/mol. The van der Waals surface area contributed by atoms with Crippen molar-refractivity contribution in [1.82, 2.24) is 5.32 Å². The fourth-order valence-corrected chi connectivity index (χ4v) is 3.23. The maximum absolute atomic E-state index is 12.8. The summed E-state index contributed by atoms with van der Waals surface area (Å²) in [6, 6.07) is 8.26. The first-order valence-corrected chi connectivity index (χ1v) is 7.59. The number of carbonyl (C=O) groups is 1. The van der Waals surface area contributed by atoms with Crippen LogP contribution >= 0.6 is 24.8 Å². The minimum atomic E-state index is 0. The molecule has 1 amide bonds. The maximum Gasteiger partial charge on any atom is 0.231 e. The lowest BCUT2D eigenvalue weighted by Crippen LogP contribution is -2.43. The lowest BCUT2D eigenvalue weighted by molar-refractivity contribution is -0.122. The van der Waals surface area contributed by atoms with Crippen LogP contribution in [0.4, 0.5) is 11.4 Å². The summed E-state index contributed by atoms with van der Waals surface area (Å²) in [7, 11) is 2.11. The highest BCUT2D eigenvalue weighted by atomic mass is 35.5. The largest absolute Gasteiger partial charge is 0.373 e. The highest BCUT2D eigenvalue weighted by molar-refractivity contribution is 5.98. The number of nitrogens with one attached hydrogen (secondary N) is 1. The third-order valence-corrected chi connectivity index (χ3v) is 4.37. The molecule has 2 aliphatic rings. The van der Waals surface area contributed by atoms with Crippen molar-refractivity contribution >= 4 is 42.1 Å². The van der Waals surface area contributed by atoms with Gasteiger partial charge in [0.15, 0.2) is 0 Å². The second kappa shape index (κ2) is 8.61. The zero-order valence-corrected chi connectivity index (χ0v) is 14.6. The predicted molar refractivity (Wildman–Crippen MR) is 96.8 cm³/mol. The van der Waals surface area contributed by atoms with Crippen LogP contribution in [0.3, 0.4) is 0 Å². The second-order valence-electron chi connectivity index (χ2n) is 5.80. The molecule has 1 saturated heterocycles. The normalized spacial score (nSPS) is 21.0. The van der Waals surface area contributed by atoms with Gasteiger partial charge in [0.2, 0.25) is 5.91 Å². The zero-order valence-electron chi connectivity index (χ0n) is 13.0. The molecule has 6 heteroatoms. The van der Waals surface area contributed by atoms with Crippen molar-refractivity contribution in [1.29, 1.82) is 0 Å². The van der Waals surface area contributed by atoms with Crippen molar-refractivity contribution in [2.45, 2.75) is 19.3 Å². The summed E-state index contributed by atoms with van der Waals surface area (Å²) in [5.74, 6) is 0.431. The van der Waals surface area contributed by atoms with Gasteiger partial charge in [-0.2, -0.15) is 0 Å². The summed E-state index contributed by atoms with van der Waals surface area (Å²) < 4.78 is 0. The lowest BCUT2D eigenvalue weighted by atomic mass is 9.97. The first-order chi connectivity index (χ1) is 9.77. The zero-order chi connectivity index (χ0) is 13.9. The molecule has 0 saturated carbocycles. The van der Waals surface area contributed by atoms with E-state index in [1.165, 1.54) is 5.69 Å². The number of rotatable bonds is 1. The molecule has 124 valence electrons. The Morgan fingerprint density at radius 2 is 1.86 bits per heavy atom. The molecule has 1 aromatic carbocycles. The van der Waals surface area contributed by atoms with Crippen molar-refractivity contribution in [2.24, 2.45) is 5.92 Å². The van der Waals surface area contributed by atoms with E-state index in [2.05, 4.69) is 29.4 Å². The fraction of sp³-hybridized carbons (Fsp3) is 0.562. The first-order valence-electron chi connectivity index (χ1n) is 7.59. The van der Waals surface area contributed by atoms with Gasteiger partial charge in [-0.25, -0.2) is 0 Å². The molecule has 3 rings (SSSR count). The third-order valence-electron chi connectivity index (χ3n) is 4.37. The van der Waals surface area contributed by atoms with Gasteiger partial charge in [-0.1, -0.05) is 12.1 Å². The quantitative estimate of drug-likeness (QED) is 0.849. The number of para-hydroxylation sites is 2. The number of anilines is 2. The van der Waals surface area contributed by atoms with Crippen molar-refractivity contribution in [2.75, 3.05) is 43.0 Å². The van der Waals surface area contributed by atoms with Crippen LogP contribution in [0, 0.1) is 5.92 Å². The smallest absolute Gasteiger partial charge is 0.231 e. The van der Waals surface area contributed by atoms with Gasteiger partial charge in [-0.3, -0.25) is 4.79 Å². The van der Waals surface area contributed by atoms with E-state index in [-0.39, 0.29) is 30.7 Å². The van der Waals surface area contributed by atoms with Gasteiger partial charge in [0.05, 0.1) is 17.3 Å². The standard InChI is InChI=1S/C16H23N3O.2ClH/c1-18-10-5-11-19(15-8-3-2-7-14(15)18)16(20)13-6-4-9-17-12-13;;/h2-3,7-8,13,17H,4-6,9-12H2,1H3;2*1H. The third kappa shape index (κ3) is 3.86. The van der Waals surface area contributed by atoms with E-state index in [1.807, 2.05) is 17.0 Å². The molecule has 0 radical (unpaired) electrons. The van der Waals surface area contributed by atoms with Crippen LogP contribution in [0.25, 0.3) is 0 Å². The number of nitrogens with zero attached hydrogens (tertiary/aromatic N) is 2. The number of hydrogen-bond acceptors (Lipinski definition) is 3. The van der Waals surface area contributed by atoms with Gasteiger partial charge >= 0.3 is 0 Å². The van der Waals surface area contributed by atoms with Crippen molar-refractivity contribution in [3.05, 3.63) is 24.3 Å². The number of benzene rings is 1. The Morgan fingerprint density at radius 3 is 2.55 bits per heavy atom. The first kappa shape index (κ1) is 19.1. The molecule has 1 N–H and O–H groups in total. The van der Waals surface area contributed by atoms with Gasteiger partial charge in [-0.15, -0.1) is 24.8 Å². The molecule has 0 aromatic heterocycles. The van der Waals surface area contributed by atoms with E-state index in [0.717, 1.165) is 51.1 Å². The molecular weight excluding hydrogens is 321 g/mol. The van der Waals surface area contributed by atoms with E-state index < -0.39 is 0 Å². The van der Waals surface area contributed by atoms with Gasteiger partial charge in [0, 0.05) is 26.7 Å². The Bertz CT molecular complexity index is 492. The van der Waals surface area contributed by atoms with E-state index in [9.17, 15) is 4.79 Å². The van der Waals surface area contributed by atoms with Crippen LogP contribution in [0.1, 0.15) is 19.3 Å². The maximum atomic E-state index is 12.8. The fourth-order valence-electron chi connectivity index (χ4n) is 3.23. The topological polar surface area (TPSA) is 35.6 Å². The molecule has 0 spiro atoms. The molecular formula is C16H25Cl2N3O. The van der Waals surface area contributed by atoms with Crippen LogP contribution in [0.5, 0.6) is 0 Å². The van der Waals surface area contributed by atoms with Crippen molar-refractivity contribution in [3.8, 4) is 0 Å². The molecule has 2 heterocycles. The number of amides is 1. The molecule has 1 unspecified atom stereocenters. The Balaban J connectivity index is 0.00000121. The van der Waals surface area contributed by atoms with Gasteiger partial charge in [-0.05, 0) is 37.9 Å². The Hall–Kier alpha value is -0.970. The van der Waals surface area contributed by atoms with Crippen LogP contribution in [0.15, 0.2) is 24.3 Å². The summed E-state index contributed by atoms with van der Waals surface area (Å²) in [6.45, 7) is 3.71. The molecule has 0 aliphatic carbocycles. The molecule has 1 atom stereocenters. The van der Waals surface area contributed by atoms with Crippen molar-refractivity contribution < 1.29 is 4.79 Å². The van der Waals surface area contributed by atoms with Crippen molar-refractivity contribution in [3.63, 3.8) is 0 Å². The summed E-state index contributed by atoms with van der Waals surface area (Å²) in [4.78, 5) is 17.1. The minimum Gasteiger partial charge on any atom is -0.373 e. The number of piperidine rings is 1. The molecule has 0 bridgehead atoms. The minimum absolute atomic E-state index is 0. The SMILES string of the molecule is CN1CCCN(C(=O)C2CCCNC2)c2ccccc21.Cl.Cl. The second-order valence-corrected chi connectivity index (χ2v) is 5.80. The number of carbonyl (C=O) groups excluding carboxylic acids is 1. The summed E-state index contributed by atoms with van der Waals surface area (Å²) in [6.07, 6.45) is 3.14. The Morgan fingerprint density at radius 1 is 1.14 bits per heavy atom. The summed E-state index contributed by atoms with van der Waals surface area (Å²) in [5, 5.41) is 3.35. The molecule has 2 aliphatic heterocycles. The number of halogens is 2. The number of hydrogen-bond donors (Lipinski definition) is 1. The van der Waals surface area contributed by atoms with Crippen LogP contribution < -0.4 is 15.1 Å². The highest BCUT2D eigenvalue weighted by Gasteiger charge is 2.29. The Labute approximate surface area is 145 Å². The average Bonchev–Trinajstić information content (AvgIpc) is 2.67.